The quantitative estimate of drug-likeness (QED) is 0.741. The maximum Gasteiger partial charge on any atom is 0.173 e. The van der Waals surface area contributed by atoms with Gasteiger partial charge in [0.1, 0.15) is 5.52 Å². The highest BCUT2D eigenvalue weighted by Crippen LogP contribution is 2.05. The number of aromatic nitrogens is 4. The molecule has 0 bridgehead atoms. The van der Waals surface area contributed by atoms with Crippen molar-refractivity contribution < 1.29 is 0 Å². The molecule has 2 rings (SSSR count). The van der Waals surface area contributed by atoms with E-state index in [0.717, 1.165) is 18.6 Å². The summed E-state index contributed by atoms with van der Waals surface area (Å²) < 4.78 is 2.00. The number of hydrogen-bond acceptors (Lipinski definition) is 3. The van der Waals surface area contributed by atoms with Crippen molar-refractivity contribution in [2.75, 3.05) is 0 Å². The Morgan fingerprint density at radius 1 is 1.40 bits per heavy atom. The van der Waals surface area contributed by atoms with Crippen molar-refractivity contribution in [3.63, 3.8) is 0 Å². The Morgan fingerprint density at radius 2 is 2.27 bits per heavy atom. The molecule has 2 aromatic rings. The first-order valence-electron chi connectivity index (χ1n) is 5.26. The fourth-order valence-electron chi connectivity index (χ4n) is 1.62. The monoisotopic (exact) mass is 205 g/mol. The number of nitrogens with zero attached hydrogens (tertiary/aromatic N) is 3. The Hall–Kier alpha value is -1.65. The van der Waals surface area contributed by atoms with Gasteiger partial charge in [0.05, 0.1) is 12.7 Å². The third-order valence-electron chi connectivity index (χ3n) is 2.46. The average molecular weight is 205 g/mol. The Bertz CT molecular complexity index is 496. The molecule has 5 nitrogen and oxygen atoms in total. The van der Waals surface area contributed by atoms with Gasteiger partial charge in [0.15, 0.2) is 11.1 Å². The lowest BCUT2D eigenvalue weighted by molar-refractivity contribution is 0.603. The normalized spacial score (nSPS) is 11.0. The molecular weight excluding hydrogens is 190 g/mol. The first kappa shape index (κ1) is 9.89. The van der Waals surface area contributed by atoms with Crippen LogP contribution in [0, 0.1) is 5.41 Å². The molecule has 0 aliphatic carbocycles. The molecule has 0 fully saturated rings. The van der Waals surface area contributed by atoms with Crippen molar-refractivity contribution in [2.45, 2.75) is 32.7 Å². The van der Waals surface area contributed by atoms with E-state index in [1.54, 1.807) is 12.7 Å². The zero-order chi connectivity index (χ0) is 10.7. The van der Waals surface area contributed by atoms with Crippen molar-refractivity contribution in [3.05, 3.63) is 18.1 Å². The van der Waals surface area contributed by atoms with Crippen molar-refractivity contribution in [3.8, 4) is 0 Å². The minimum absolute atomic E-state index is 0.259. The van der Waals surface area contributed by atoms with Gasteiger partial charge >= 0.3 is 0 Å². The number of aryl methyl sites for hydroxylation is 1. The van der Waals surface area contributed by atoms with E-state index in [1.807, 2.05) is 4.57 Å². The number of unbranched alkanes of at least 4 members (excludes halogenated alkanes) is 2. The van der Waals surface area contributed by atoms with Gasteiger partial charge in [-0.25, -0.2) is 9.97 Å². The Morgan fingerprint density at radius 3 is 3.07 bits per heavy atom. The predicted octanol–water partition coefficient (Wildman–Crippen LogP) is 1.43. The highest BCUT2D eigenvalue weighted by Gasteiger charge is 2.03. The van der Waals surface area contributed by atoms with Crippen LogP contribution in [-0.4, -0.2) is 19.5 Å². The molecule has 0 aliphatic rings. The van der Waals surface area contributed by atoms with Crippen LogP contribution in [0.1, 0.15) is 26.2 Å². The molecule has 0 atom stereocenters. The smallest absolute Gasteiger partial charge is 0.173 e. The highest BCUT2D eigenvalue weighted by molar-refractivity contribution is 5.68. The van der Waals surface area contributed by atoms with Gasteiger partial charge in [-0.15, -0.1) is 0 Å². The summed E-state index contributed by atoms with van der Waals surface area (Å²) in [5.41, 5.74) is 1.80. The molecule has 0 spiro atoms. The van der Waals surface area contributed by atoms with Crippen molar-refractivity contribution >= 4 is 11.2 Å². The standard InChI is InChI=1S/C10H15N5/c1-2-3-4-5-15-7-14-9(11)8-10(15)13-6-12-8/h6-7,11H,2-5H2,1H3,(H,12,13). The molecule has 0 amide bonds. The van der Waals surface area contributed by atoms with E-state index in [9.17, 15) is 0 Å². The molecule has 2 N–H and O–H groups in total. The molecule has 80 valence electrons. The maximum atomic E-state index is 7.59. The summed E-state index contributed by atoms with van der Waals surface area (Å²) in [7, 11) is 0. The van der Waals surface area contributed by atoms with Crippen molar-refractivity contribution in [1.82, 2.24) is 19.5 Å². The summed E-state index contributed by atoms with van der Waals surface area (Å²) in [5, 5.41) is 7.59. The van der Waals surface area contributed by atoms with Crippen LogP contribution in [0.2, 0.25) is 0 Å². The van der Waals surface area contributed by atoms with Crippen LogP contribution in [-0.2, 0) is 6.54 Å². The first-order valence-corrected chi connectivity index (χ1v) is 5.26. The van der Waals surface area contributed by atoms with Crippen LogP contribution < -0.4 is 5.49 Å². The second-order valence-electron chi connectivity index (χ2n) is 3.59. The predicted molar refractivity (Wildman–Crippen MR) is 57.3 cm³/mol. The molecule has 0 saturated carbocycles. The van der Waals surface area contributed by atoms with Crippen LogP contribution in [0.5, 0.6) is 0 Å². The summed E-state index contributed by atoms with van der Waals surface area (Å²) in [6.45, 7) is 3.10. The lowest BCUT2D eigenvalue weighted by Crippen LogP contribution is -2.12. The summed E-state index contributed by atoms with van der Waals surface area (Å²) in [4.78, 5) is 11.2. The molecule has 2 heterocycles. The number of fused-ring (bicyclic) bond motifs is 1. The summed E-state index contributed by atoms with van der Waals surface area (Å²) in [6, 6.07) is 0. The zero-order valence-electron chi connectivity index (χ0n) is 8.82. The summed E-state index contributed by atoms with van der Waals surface area (Å²) in [5.74, 6) is 0. The number of imidazole rings is 1. The average Bonchev–Trinajstić information content (AvgIpc) is 2.71. The van der Waals surface area contributed by atoms with Crippen LogP contribution in [0.15, 0.2) is 12.7 Å². The second kappa shape index (κ2) is 4.25. The molecule has 0 unspecified atom stereocenters. The number of aromatic amines is 1. The maximum absolute atomic E-state index is 7.59. The van der Waals surface area contributed by atoms with E-state index in [2.05, 4.69) is 21.9 Å². The third-order valence-corrected chi connectivity index (χ3v) is 2.46. The molecule has 15 heavy (non-hydrogen) atoms. The van der Waals surface area contributed by atoms with Gasteiger partial charge in [0, 0.05) is 6.54 Å². The molecule has 0 radical (unpaired) electrons. The van der Waals surface area contributed by atoms with Crippen LogP contribution in [0.3, 0.4) is 0 Å². The molecular formula is C10H15N5. The first-order chi connectivity index (χ1) is 7.33. The van der Waals surface area contributed by atoms with Crippen molar-refractivity contribution in [2.24, 2.45) is 0 Å². The van der Waals surface area contributed by atoms with E-state index in [-0.39, 0.29) is 5.49 Å². The van der Waals surface area contributed by atoms with Crippen LogP contribution in [0.25, 0.3) is 11.2 Å². The van der Waals surface area contributed by atoms with Gasteiger partial charge in [-0.1, -0.05) is 19.8 Å². The molecule has 0 aliphatic heterocycles. The zero-order valence-corrected chi connectivity index (χ0v) is 8.82. The molecule has 0 saturated heterocycles. The fourth-order valence-corrected chi connectivity index (χ4v) is 1.62. The largest absolute Gasteiger partial charge is 0.340 e. The number of H-pyrrole nitrogens is 1. The van der Waals surface area contributed by atoms with Crippen molar-refractivity contribution in [1.29, 1.82) is 5.41 Å². The topological polar surface area (TPSA) is 70.3 Å². The Labute approximate surface area is 87.7 Å². The molecule has 2 aromatic heterocycles. The van der Waals surface area contributed by atoms with Gasteiger partial charge in [0.2, 0.25) is 0 Å². The lowest BCUT2D eigenvalue weighted by Gasteiger charge is -2.05. The van der Waals surface area contributed by atoms with Gasteiger partial charge in [-0.3, -0.25) is 5.41 Å². The van der Waals surface area contributed by atoms with E-state index >= 15 is 0 Å². The number of rotatable bonds is 4. The molecule has 0 aromatic carbocycles. The lowest BCUT2D eigenvalue weighted by atomic mass is 10.2. The van der Waals surface area contributed by atoms with Gasteiger partial charge in [-0.2, -0.15) is 0 Å². The van der Waals surface area contributed by atoms with E-state index < -0.39 is 0 Å². The van der Waals surface area contributed by atoms with Crippen LogP contribution >= 0.6 is 0 Å². The molecule has 5 heteroatoms. The third kappa shape index (κ3) is 1.91. The van der Waals surface area contributed by atoms with Gasteiger partial charge < -0.3 is 9.55 Å². The Balaban J connectivity index is 2.31. The van der Waals surface area contributed by atoms with Crippen LogP contribution in [0.4, 0.5) is 0 Å². The Kier molecular flexibility index (Phi) is 2.80. The number of nitrogens with one attached hydrogen (secondary N) is 2. The summed E-state index contributed by atoms with van der Waals surface area (Å²) in [6.07, 6.45) is 6.85. The minimum Gasteiger partial charge on any atom is -0.340 e. The second-order valence-corrected chi connectivity index (χ2v) is 3.59. The number of hydrogen-bond donors (Lipinski definition) is 2. The highest BCUT2D eigenvalue weighted by atomic mass is 15.1. The SMILES string of the molecule is CCCCCn1cnc(=N)c2[nH]cnc21. The van der Waals surface area contributed by atoms with E-state index in [4.69, 9.17) is 5.41 Å². The minimum atomic E-state index is 0.259. The summed E-state index contributed by atoms with van der Waals surface area (Å²) >= 11 is 0. The van der Waals surface area contributed by atoms with E-state index in [1.165, 1.54) is 12.8 Å². The van der Waals surface area contributed by atoms with Gasteiger partial charge in [0.25, 0.3) is 0 Å². The van der Waals surface area contributed by atoms with Gasteiger partial charge in [-0.05, 0) is 6.42 Å². The van der Waals surface area contributed by atoms with E-state index in [0.29, 0.717) is 5.52 Å². The fraction of sp³-hybridized carbons (Fsp3) is 0.500.